The molecule has 0 aliphatic carbocycles. The molecule has 0 bridgehead atoms. The summed E-state index contributed by atoms with van der Waals surface area (Å²) in [4.78, 5) is 0. The highest BCUT2D eigenvalue weighted by Crippen LogP contribution is 2.23. The molecule has 0 radical (unpaired) electrons. The molecule has 0 atom stereocenters. The van der Waals surface area contributed by atoms with Crippen molar-refractivity contribution < 1.29 is 27.4 Å². The Balaban J connectivity index is 2.73. The first-order valence-electron chi connectivity index (χ1n) is 4.71. The molecule has 1 N–H and O–H groups in total. The van der Waals surface area contributed by atoms with Crippen LogP contribution in [0.1, 0.15) is 5.56 Å². The van der Waals surface area contributed by atoms with E-state index >= 15 is 0 Å². The highest BCUT2D eigenvalue weighted by molar-refractivity contribution is 5.30. The van der Waals surface area contributed by atoms with Gasteiger partial charge in [0.15, 0.2) is 0 Å². The lowest BCUT2D eigenvalue weighted by atomic mass is 10.1. The van der Waals surface area contributed by atoms with Gasteiger partial charge in [-0.2, -0.15) is 0 Å². The van der Waals surface area contributed by atoms with Crippen LogP contribution in [0.25, 0.3) is 0 Å². The van der Waals surface area contributed by atoms with Gasteiger partial charge in [-0.25, -0.2) is 4.39 Å². The molecule has 0 aliphatic heterocycles. The van der Waals surface area contributed by atoms with Gasteiger partial charge in [0, 0.05) is 0 Å². The minimum atomic E-state index is -4.75. The number of rotatable bonds is 4. The van der Waals surface area contributed by atoms with E-state index in [2.05, 4.69) is 4.74 Å². The minimum absolute atomic E-state index is 0.0848. The monoisotopic (exact) mass is 250 g/mol. The number of allylic oxidation sites excluding steroid dienone is 1. The van der Waals surface area contributed by atoms with Gasteiger partial charge in [0.2, 0.25) is 0 Å². The van der Waals surface area contributed by atoms with Gasteiger partial charge in [0.1, 0.15) is 11.6 Å². The molecule has 17 heavy (non-hydrogen) atoms. The Morgan fingerprint density at radius 2 is 2.06 bits per heavy atom. The fourth-order valence-electron chi connectivity index (χ4n) is 1.16. The van der Waals surface area contributed by atoms with E-state index in [0.29, 0.717) is 5.56 Å². The summed E-state index contributed by atoms with van der Waals surface area (Å²) < 4.78 is 52.0. The van der Waals surface area contributed by atoms with Crippen molar-refractivity contribution in [2.45, 2.75) is 12.8 Å². The molecular weight excluding hydrogens is 240 g/mol. The van der Waals surface area contributed by atoms with Gasteiger partial charge in [-0.1, -0.05) is 12.1 Å². The molecule has 1 rings (SSSR count). The van der Waals surface area contributed by atoms with Crippen molar-refractivity contribution in [3.8, 4) is 5.75 Å². The van der Waals surface area contributed by atoms with Crippen LogP contribution in [-0.2, 0) is 6.42 Å². The molecule has 0 fully saturated rings. The second-order valence-corrected chi connectivity index (χ2v) is 3.21. The number of ether oxygens (including phenoxy) is 1. The SMILES string of the molecule is OC/C(F)=C\Cc1cccc(OC(F)(F)F)c1. The van der Waals surface area contributed by atoms with Crippen LogP contribution in [0.15, 0.2) is 36.2 Å². The molecule has 0 unspecified atom stereocenters. The summed E-state index contributed by atoms with van der Waals surface area (Å²) in [5, 5.41) is 8.40. The van der Waals surface area contributed by atoms with E-state index in [9.17, 15) is 17.6 Å². The first-order chi connectivity index (χ1) is 7.90. The van der Waals surface area contributed by atoms with Crippen LogP contribution in [-0.4, -0.2) is 18.1 Å². The first-order valence-corrected chi connectivity index (χ1v) is 4.71. The predicted molar refractivity (Wildman–Crippen MR) is 53.1 cm³/mol. The number of halogens is 4. The molecule has 0 amide bonds. The molecule has 6 heteroatoms. The highest BCUT2D eigenvalue weighted by atomic mass is 19.4. The Labute approximate surface area is 95.1 Å². The van der Waals surface area contributed by atoms with Crippen molar-refractivity contribution in [3.63, 3.8) is 0 Å². The molecule has 1 aromatic carbocycles. The summed E-state index contributed by atoms with van der Waals surface area (Å²) >= 11 is 0. The summed E-state index contributed by atoms with van der Waals surface area (Å²) in [7, 11) is 0. The fourth-order valence-corrected chi connectivity index (χ4v) is 1.16. The maximum absolute atomic E-state index is 12.6. The number of alkyl halides is 3. The van der Waals surface area contributed by atoms with Crippen LogP contribution < -0.4 is 4.74 Å². The number of aliphatic hydroxyl groups excluding tert-OH is 1. The zero-order valence-corrected chi connectivity index (χ0v) is 8.67. The van der Waals surface area contributed by atoms with Gasteiger partial charge >= 0.3 is 6.36 Å². The quantitative estimate of drug-likeness (QED) is 0.832. The van der Waals surface area contributed by atoms with Gasteiger partial charge in [0.25, 0.3) is 0 Å². The van der Waals surface area contributed by atoms with Gasteiger partial charge in [-0.3, -0.25) is 0 Å². The van der Waals surface area contributed by atoms with E-state index in [4.69, 9.17) is 5.11 Å². The van der Waals surface area contributed by atoms with Crippen LogP contribution in [0.5, 0.6) is 5.75 Å². The molecular formula is C11H10F4O2. The smallest absolute Gasteiger partial charge is 0.406 e. The summed E-state index contributed by atoms with van der Waals surface area (Å²) in [5.41, 5.74) is 0.454. The normalized spacial score (nSPS) is 12.6. The zero-order valence-electron chi connectivity index (χ0n) is 8.67. The zero-order chi connectivity index (χ0) is 12.9. The molecule has 2 nitrogen and oxygen atoms in total. The van der Waals surface area contributed by atoms with Crippen LogP contribution in [0, 0.1) is 0 Å². The van der Waals surface area contributed by atoms with Gasteiger partial charge in [0.05, 0.1) is 6.61 Å². The summed E-state index contributed by atoms with van der Waals surface area (Å²) in [6.45, 7) is -0.723. The number of benzene rings is 1. The van der Waals surface area contributed by atoms with E-state index < -0.39 is 18.8 Å². The van der Waals surface area contributed by atoms with E-state index in [1.807, 2.05) is 0 Å². The van der Waals surface area contributed by atoms with Crippen molar-refractivity contribution in [2.24, 2.45) is 0 Å². The Morgan fingerprint density at radius 1 is 1.35 bits per heavy atom. The molecule has 0 saturated carbocycles. The first kappa shape index (κ1) is 13.5. The van der Waals surface area contributed by atoms with Crippen molar-refractivity contribution >= 4 is 0 Å². The second kappa shape index (κ2) is 5.67. The topological polar surface area (TPSA) is 29.5 Å². The molecule has 0 spiro atoms. The lowest BCUT2D eigenvalue weighted by molar-refractivity contribution is -0.274. The van der Waals surface area contributed by atoms with Crippen LogP contribution >= 0.6 is 0 Å². The maximum Gasteiger partial charge on any atom is 0.573 e. The van der Waals surface area contributed by atoms with Gasteiger partial charge in [-0.15, -0.1) is 13.2 Å². The molecule has 0 saturated heterocycles. The Morgan fingerprint density at radius 3 is 2.65 bits per heavy atom. The summed E-state index contributed by atoms with van der Waals surface area (Å²) in [6, 6.07) is 5.23. The van der Waals surface area contributed by atoms with E-state index in [1.54, 1.807) is 0 Å². The molecule has 0 aromatic heterocycles. The van der Waals surface area contributed by atoms with Crippen molar-refractivity contribution in [1.82, 2.24) is 0 Å². The third-order valence-corrected chi connectivity index (χ3v) is 1.84. The number of hydrogen-bond donors (Lipinski definition) is 1. The number of aliphatic hydroxyl groups is 1. The summed E-state index contributed by atoms with van der Waals surface area (Å²) in [5.74, 6) is -1.08. The lowest BCUT2D eigenvalue weighted by Crippen LogP contribution is -2.17. The van der Waals surface area contributed by atoms with E-state index in [0.717, 1.165) is 18.2 Å². The van der Waals surface area contributed by atoms with Gasteiger partial charge in [-0.05, 0) is 30.2 Å². The van der Waals surface area contributed by atoms with E-state index in [-0.39, 0.29) is 12.2 Å². The molecule has 1 aromatic rings. The predicted octanol–water partition coefficient (Wildman–Crippen LogP) is 2.97. The lowest BCUT2D eigenvalue weighted by Gasteiger charge is -2.09. The average molecular weight is 250 g/mol. The Hall–Kier alpha value is -1.56. The third-order valence-electron chi connectivity index (χ3n) is 1.84. The van der Waals surface area contributed by atoms with E-state index in [1.165, 1.54) is 12.1 Å². The van der Waals surface area contributed by atoms with Crippen molar-refractivity contribution in [2.75, 3.05) is 6.61 Å². The third kappa shape index (κ3) is 5.35. The Kier molecular flexibility index (Phi) is 4.51. The largest absolute Gasteiger partial charge is 0.573 e. The van der Waals surface area contributed by atoms with Crippen molar-refractivity contribution in [1.29, 1.82) is 0 Å². The van der Waals surface area contributed by atoms with Crippen LogP contribution in [0.4, 0.5) is 17.6 Å². The highest BCUT2D eigenvalue weighted by Gasteiger charge is 2.30. The van der Waals surface area contributed by atoms with Gasteiger partial charge < -0.3 is 9.84 Å². The molecule has 0 aliphatic rings. The second-order valence-electron chi connectivity index (χ2n) is 3.21. The molecule has 0 heterocycles. The standard InChI is InChI=1S/C11H10F4O2/c12-9(7-16)5-4-8-2-1-3-10(6-8)17-11(13,14)15/h1-3,5-6,16H,4,7H2/b9-5+. The van der Waals surface area contributed by atoms with Crippen LogP contribution in [0.2, 0.25) is 0 Å². The fraction of sp³-hybridized carbons (Fsp3) is 0.273. The Bertz CT molecular complexity index is 399. The van der Waals surface area contributed by atoms with Crippen LogP contribution in [0.3, 0.4) is 0 Å². The maximum atomic E-state index is 12.6. The molecule has 94 valence electrons. The summed E-state index contributed by atoms with van der Waals surface area (Å²) in [6.07, 6.45) is -3.57. The average Bonchev–Trinajstić information content (AvgIpc) is 2.24. The minimum Gasteiger partial charge on any atom is -0.406 e. The number of hydrogen-bond acceptors (Lipinski definition) is 2. The van der Waals surface area contributed by atoms with Crippen molar-refractivity contribution in [3.05, 3.63) is 41.7 Å².